The fourth-order valence-corrected chi connectivity index (χ4v) is 14.6. The maximum atomic E-state index is 6.78. The first-order valence-corrected chi connectivity index (χ1v) is 27.8. The average Bonchev–Trinajstić information content (AvgIpc) is 3.57. The van der Waals surface area contributed by atoms with Crippen molar-refractivity contribution >= 4 is 73.5 Å². The minimum Gasteiger partial charge on any atom is -0.120 e. The largest absolute Gasteiger partial charge is 0.120 e. The van der Waals surface area contributed by atoms with Crippen LogP contribution in [0, 0.1) is 0 Å². The number of rotatable bonds is 4. The van der Waals surface area contributed by atoms with Crippen LogP contribution in [0.1, 0.15) is 70.6 Å². The summed E-state index contributed by atoms with van der Waals surface area (Å²) >= 11 is 12.0. The molecule has 2 aliphatic heterocycles. The van der Waals surface area contributed by atoms with Crippen LogP contribution in [0.2, 0.25) is 19.6 Å². The van der Waals surface area contributed by atoms with Crippen LogP contribution in [0.3, 0.4) is 0 Å². The third kappa shape index (κ3) is 10.4. The minimum absolute atomic E-state index is 0.0256. The topological polar surface area (TPSA) is 0 Å². The third-order valence-corrected chi connectivity index (χ3v) is 17.4. The molecule has 0 saturated carbocycles. The van der Waals surface area contributed by atoms with Crippen molar-refractivity contribution in [1.82, 2.24) is 0 Å². The molecular formula is C35H41ClI2P2Si. The molecule has 6 heteroatoms. The molecule has 2 heterocycles. The first-order chi connectivity index (χ1) is 19.7. The number of halogens is 3. The Morgan fingerprint density at radius 3 is 1.00 bits per heavy atom. The maximum absolute atomic E-state index is 6.78. The van der Waals surface area contributed by atoms with Crippen LogP contribution in [-0.4, -0.2) is 5.57 Å². The summed E-state index contributed by atoms with van der Waals surface area (Å²) in [4.78, 5) is 0. The Balaban J connectivity index is 0.000000163. The van der Waals surface area contributed by atoms with Gasteiger partial charge in [0.05, 0.1) is 0 Å². The first kappa shape index (κ1) is 33.6. The minimum atomic E-state index is -0.641. The predicted octanol–water partition coefficient (Wildman–Crippen LogP) is 14.2. The van der Waals surface area contributed by atoms with Crippen LogP contribution in [0.15, 0.2) is 121 Å². The molecule has 0 bridgehead atoms. The van der Waals surface area contributed by atoms with Crippen molar-refractivity contribution in [1.29, 1.82) is 0 Å². The quantitative estimate of drug-likeness (QED) is 0.0831. The Hall–Kier alpha value is -0.293. The molecule has 216 valence electrons. The summed E-state index contributed by atoms with van der Waals surface area (Å²) in [5.74, 6) is 0. The van der Waals surface area contributed by atoms with Crippen LogP contribution in [-0.2, 0) is 0 Å². The molecule has 4 aromatic rings. The standard InChI is InChI=1S/C16H16ClP.C16H16IP.C3H9ISi/c2*17-18-15(13-7-3-1-4-8-13)11-12-16(18)14-9-5-2-6-10-14;1-5(2,3)4/h2*1-10,15-16H,11-12H2;1-3H3/t2*15-,16-;/m00./s1. The zero-order valence-corrected chi connectivity index (χ0v) is 32.1. The maximum Gasteiger partial charge on any atom is 0.116 e. The summed E-state index contributed by atoms with van der Waals surface area (Å²) in [6, 6.07) is 43.6. The SMILES string of the molecule is C[Si](C)(C)I.ClP1[C@H](c2ccccc2)CC[C@H]1c1ccccc1.IP1[C@H](c2ccccc2)CC[C@H]1c1ccccc1. The summed E-state index contributed by atoms with van der Waals surface area (Å²) in [7, 11) is -0.472. The van der Waals surface area contributed by atoms with Crippen molar-refractivity contribution in [3.63, 3.8) is 0 Å². The van der Waals surface area contributed by atoms with E-state index in [0.29, 0.717) is 11.3 Å². The van der Waals surface area contributed by atoms with Gasteiger partial charge in [0, 0.05) is 29.9 Å². The van der Waals surface area contributed by atoms with Gasteiger partial charge in [0.25, 0.3) is 0 Å². The molecule has 0 amide bonds. The van der Waals surface area contributed by atoms with E-state index in [-0.39, 0.29) is 5.56 Å². The highest BCUT2D eigenvalue weighted by Crippen LogP contribution is 2.75. The second-order valence-electron chi connectivity index (χ2n) is 11.6. The van der Waals surface area contributed by atoms with Gasteiger partial charge in [-0.3, -0.25) is 0 Å². The van der Waals surface area contributed by atoms with Gasteiger partial charge in [-0.15, -0.1) is 21.8 Å². The molecule has 6 rings (SSSR count). The lowest BCUT2D eigenvalue weighted by atomic mass is 10.0. The number of benzene rings is 4. The molecule has 4 atom stereocenters. The van der Waals surface area contributed by atoms with Gasteiger partial charge < -0.3 is 0 Å². The molecule has 0 radical (unpaired) electrons. The molecule has 0 aliphatic carbocycles. The van der Waals surface area contributed by atoms with Gasteiger partial charge in [-0.05, 0) is 53.5 Å². The highest BCUT2D eigenvalue weighted by atomic mass is 127. The fraction of sp³-hybridized carbons (Fsp3) is 0.314. The summed E-state index contributed by atoms with van der Waals surface area (Å²) in [5.41, 5.74) is 7.98. The molecule has 2 fully saturated rings. The van der Waals surface area contributed by atoms with E-state index in [1.807, 2.05) is 0 Å². The Kier molecular flexibility index (Phi) is 13.7. The van der Waals surface area contributed by atoms with Crippen molar-refractivity contribution in [2.24, 2.45) is 0 Å². The molecule has 41 heavy (non-hydrogen) atoms. The van der Waals surface area contributed by atoms with Gasteiger partial charge in [0.1, 0.15) is 5.57 Å². The second kappa shape index (κ2) is 16.7. The molecule has 0 N–H and O–H groups in total. The monoisotopic (exact) mass is 840 g/mol. The van der Waals surface area contributed by atoms with E-state index in [1.165, 1.54) is 47.9 Å². The lowest BCUT2D eigenvalue weighted by Crippen LogP contribution is -2.05. The summed E-state index contributed by atoms with van der Waals surface area (Å²) in [5, 5.41) is 0. The lowest BCUT2D eigenvalue weighted by molar-refractivity contribution is 0.765. The van der Waals surface area contributed by atoms with Crippen molar-refractivity contribution < 1.29 is 0 Å². The van der Waals surface area contributed by atoms with E-state index in [4.69, 9.17) is 11.2 Å². The molecule has 0 unspecified atom stereocenters. The molecule has 0 aromatic heterocycles. The Labute approximate surface area is 282 Å². The second-order valence-corrected chi connectivity index (χ2v) is 33.8. The van der Waals surface area contributed by atoms with E-state index < -0.39 is 12.8 Å². The summed E-state index contributed by atoms with van der Waals surface area (Å²) in [6.07, 6.45) is 5.13. The normalized spacial score (nSPS) is 22.8. The van der Waals surface area contributed by atoms with Crippen LogP contribution >= 0.6 is 67.9 Å². The van der Waals surface area contributed by atoms with Crippen molar-refractivity contribution in [2.75, 3.05) is 0 Å². The Bertz CT molecular complexity index is 1090. The van der Waals surface area contributed by atoms with E-state index >= 15 is 0 Å². The van der Waals surface area contributed by atoms with Crippen molar-refractivity contribution in [2.45, 2.75) is 68.0 Å². The molecular weight excluding hydrogens is 800 g/mol. The molecule has 0 nitrogen and oxygen atoms in total. The first-order valence-electron chi connectivity index (χ1n) is 14.5. The smallest absolute Gasteiger partial charge is 0.116 e. The Morgan fingerprint density at radius 2 is 0.732 bits per heavy atom. The van der Waals surface area contributed by atoms with E-state index in [9.17, 15) is 0 Å². The summed E-state index contributed by atoms with van der Waals surface area (Å²) in [6.45, 7) is 6.94. The number of hydrogen-bond donors (Lipinski definition) is 0. The van der Waals surface area contributed by atoms with E-state index in [0.717, 1.165) is 11.3 Å². The molecule has 4 aromatic carbocycles. The van der Waals surface area contributed by atoms with E-state index in [1.54, 1.807) is 0 Å². The van der Waals surface area contributed by atoms with Crippen LogP contribution < -0.4 is 0 Å². The average molecular weight is 841 g/mol. The highest BCUT2D eigenvalue weighted by molar-refractivity contribution is 14.2. The fourth-order valence-electron chi connectivity index (χ4n) is 5.50. The molecule has 2 aliphatic rings. The van der Waals surface area contributed by atoms with Gasteiger partial charge in [-0.25, -0.2) is 0 Å². The van der Waals surface area contributed by atoms with E-state index in [2.05, 4.69) is 185 Å². The van der Waals surface area contributed by atoms with Crippen LogP contribution in [0.5, 0.6) is 0 Å². The van der Waals surface area contributed by atoms with Gasteiger partial charge in [0.15, 0.2) is 0 Å². The number of hydrogen-bond acceptors (Lipinski definition) is 0. The highest BCUT2D eigenvalue weighted by Gasteiger charge is 2.36. The predicted molar refractivity (Wildman–Crippen MR) is 206 cm³/mol. The van der Waals surface area contributed by atoms with Crippen LogP contribution in [0.4, 0.5) is 0 Å². The zero-order valence-electron chi connectivity index (χ0n) is 24.2. The van der Waals surface area contributed by atoms with Gasteiger partial charge >= 0.3 is 0 Å². The zero-order chi connectivity index (χ0) is 29.2. The van der Waals surface area contributed by atoms with Crippen LogP contribution in [0.25, 0.3) is 0 Å². The van der Waals surface area contributed by atoms with Crippen molar-refractivity contribution in [3.8, 4) is 0 Å². The Morgan fingerprint density at radius 1 is 0.512 bits per heavy atom. The van der Waals surface area contributed by atoms with Gasteiger partial charge in [0.2, 0.25) is 0 Å². The van der Waals surface area contributed by atoms with Crippen molar-refractivity contribution in [3.05, 3.63) is 144 Å². The lowest BCUT2D eigenvalue weighted by Gasteiger charge is -2.20. The molecule has 0 spiro atoms. The van der Waals surface area contributed by atoms with Gasteiger partial charge in [-0.1, -0.05) is 174 Å². The third-order valence-electron chi connectivity index (χ3n) is 7.36. The van der Waals surface area contributed by atoms with Gasteiger partial charge in [-0.2, -0.15) is 0 Å². The molecule has 2 saturated heterocycles. The summed E-state index contributed by atoms with van der Waals surface area (Å²) < 4.78 is 0.